The number of rotatable bonds is 5. The van der Waals surface area contributed by atoms with Crippen molar-refractivity contribution in [2.45, 2.75) is 41.0 Å². The smallest absolute Gasteiger partial charge is 0.391 e. The van der Waals surface area contributed by atoms with E-state index in [9.17, 15) is 19.2 Å². The molecule has 0 radical (unpaired) electrons. The van der Waals surface area contributed by atoms with Crippen molar-refractivity contribution in [2.24, 2.45) is 0 Å². The van der Waals surface area contributed by atoms with E-state index in [4.69, 9.17) is 11.6 Å². The molecule has 112 valence electrons. The Morgan fingerprint density at radius 3 is 1.42 bits per heavy atom. The minimum Gasteiger partial charge on any atom is -0.460 e. The minimum atomic E-state index is -1.08. The van der Waals surface area contributed by atoms with E-state index in [1.54, 1.807) is 20.8 Å². The maximum Gasteiger partial charge on any atom is 0.391 e. The van der Waals surface area contributed by atoms with Gasteiger partial charge < -0.3 is 9.47 Å². The Labute approximate surface area is 118 Å². The van der Waals surface area contributed by atoms with Crippen LogP contribution in [0.15, 0.2) is 0 Å². The molecule has 0 atom stereocenters. The number of halogens is 1. The molecular weight excluding hydrogens is 276 g/mol. The quantitative estimate of drug-likeness (QED) is 0.437. The van der Waals surface area contributed by atoms with Crippen LogP contribution in [0.5, 0.6) is 0 Å². The third-order valence-corrected chi connectivity index (χ3v) is 1.41. The van der Waals surface area contributed by atoms with Crippen LogP contribution in [0.1, 0.15) is 41.0 Å². The molecule has 0 aromatic rings. The molecule has 0 unspecified atom stereocenters. The van der Waals surface area contributed by atoms with Gasteiger partial charge in [-0.2, -0.15) is 0 Å². The van der Waals surface area contributed by atoms with Crippen LogP contribution >= 0.6 is 11.6 Å². The summed E-state index contributed by atoms with van der Waals surface area (Å²) in [7, 11) is 0. The molecule has 6 nitrogen and oxygen atoms in total. The second-order valence-electron chi connectivity index (χ2n) is 2.49. The van der Waals surface area contributed by atoms with Crippen LogP contribution in [0.25, 0.3) is 0 Å². The molecule has 0 amide bonds. The van der Waals surface area contributed by atoms with Crippen LogP contribution in [0.2, 0.25) is 0 Å². The van der Waals surface area contributed by atoms with Crippen molar-refractivity contribution in [1.29, 1.82) is 0 Å². The Balaban J connectivity index is -0.000000239. The molecule has 0 aliphatic rings. The van der Waals surface area contributed by atoms with Crippen molar-refractivity contribution in [3.05, 3.63) is 0 Å². The molecular formula is C12H21ClO6. The topological polar surface area (TPSA) is 86.7 Å². The normalized spacial score (nSPS) is 7.89. The van der Waals surface area contributed by atoms with Gasteiger partial charge in [-0.3, -0.25) is 9.59 Å². The third kappa shape index (κ3) is 16.6. The highest BCUT2D eigenvalue weighted by atomic mass is 35.5. The van der Waals surface area contributed by atoms with Gasteiger partial charge in [0.1, 0.15) is 0 Å². The van der Waals surface area contributed by atoms with Crippen molar-refractivity contribution in [3.63, 3.8) is 0 Å². The number of carbonyl (C=O) groups is 4. The zero-order valence-electron chi connectivity index (χ0n) is 11.9. The molecule has 0 aliphatic carbocycles. The van der Waals surface area contributed by atoms with Gasteiger partial charge in [0, 0.05) is 6.42 Å². The first kappa shape index (κ1) is 22.7. The molecule has 0 saturated carbocycles. The van der Waals surface area contributed by atoms with E-state index < -0.39 is 23.0 Å². The monoisotopic (exact) mass is 296 g/mol. The Morgan fingerprint density at radius 1 is 0.842 bits per heavy atom. The number of ketones is 1. The summed E-state index contributed by atoms with van der Waals surface area (Å²) in [5, 5.41) is -1.08. The van der Waals surface area contributed by atoms with Gasteiger partial charge in [-0.25, -0.2) is 9.59 Å². The van der Waals surface area contributed by atoms with Gasteiger partial charge in [-0.1, -0.05) is 20.8 Å². The highest BCUT2D eigenvalue weighted by Gasteiger charge is 2.10. The first-order chi connectivity index (χ1) is 8.90. The molecule has 0 spiro atoms. The number of carbonyl (C=O) groups excluding carboxylic acids is 4. The Hall–Kier alpha value is -1.43. The van der Waals surface area contributed by atoms with E-state index >= 15 is 0 Å². The Morgan fingerprint density at radius 2 is 1.21 bits per heavy atom. The highest BCUT2D eigenvalue weighted by Crippen LogP contribution is 1.85. The van der Waals surface area contributed by atoms with E-state index in [1.165, 1.54) is 0 Å². The van der Waals surface area contributed by atoms with Gasteiger partial charge in [-0.05, 0) is 25.4 Å². The molecule has 0 bridgehead atoms. The van der Waals surface area contributed by atoms with Crippen LogP contribution in [0.4, 0.5) is 0 Å². The lowest BCUT2D eigenvalue weighted by atomic mass is 10.3. The molecule has 0 rings (SSSR count). The summed E-state index contributed by atoms with van der Waals surface area (Å²) in [4.78, 5) is 40.7. The summed E-state index contributed by atoms with van der Waals surface area (Å²) >= 11 is 4.69. The summed E-state index contributed by atoms with van der Waals surface area (Å²) in [5.41, 5.74) is 0. The summed E-state index contributed by atoms with van der Waals surface area (Å²) in [6.07, 6.45) is 0.221. The van der Waals surface area contributed by atoms with Crippen LogP contribution in [0, 0.1) is 0 Å². The number of ether oxygens (including phenoxy) is 2. The maximum absolute atomic E-state index is 10.4. The van der Waals surface area contributed by atoms with Gasteiger partial charge in [0.15, 0.2) is 0 Å². The molecule has 19 heavy (non-hydrogen) atoms. The molecule has 0 fully saturated rings. The van der Waals surface area contributed by atoms with E-state index in [1.807, 2.05) is 13.8 Å². The average Bonchev–Trinajstić information content (AvgIpc) is 2.41. The fourth-order valence-corrected chi connectivity index (χ4v) is 0.598. The standard InChI is InChI=1S/C6H10O3.C4H5ClO3.C2H6/c1-3-5(7)6(8)9-4-2;1-2-8-4(7)3(5)6;1-2/h3-4H2,1-2H3;2H2,1H3;1-2H3. The SMILES string of the molecule is CC.CCOC(=O)C(=O)CC.CCOC(=O)C(=O)Cl. The van der Waals surface area contributed by atoms with Gasteiger partial charge in [0.25, 0.3) is 0 Å². The molecule has 0 heterocycles. The number of Topliss-reactive ketones (excluding diaryl/α,β-unsaturated/α-hetero) is 1. The van der Waals surface area contributed by atoms with E-state index in [-0.39, 0.29) is 19.6 Å². The van der Waals surface area contributed by atoms with Crippen molar-refractivity contribution in [2.75, 3.05) is 13.2 Å². The van der Waals surface area contributed by atoms with Crippen molar-refractivity contribution in [3.8, 4) is 0 Å². The van der Waals surface area contributed by atoms with Crippen LogP contribution in [-0.2, 0) is 28.7 Å². The fourth-order valence-electron chi connectivity index (χ4n) is 0.544. The zero-order valence-corrected chi connectivity index (χ0v) is 12.7. The zero-order chi connectivity index (χ0) is 15.8. The van der Waals surface area contributed by atoms with Crippen molar-refractivity contribution >= 4 is 34.6 Å². The van der Waals surface area contributed by atoms with Gasteiger partial charge in [0.05, 0.1) is 13.2 Å². The lowest BCUT2D eigenvalue weighted by Crippen LogP contribution is -2.15. The largest absolute Gasteiger partial charge is 0.460 e. The number of hydrogen-bond donors (Lipinski definition) is 0. The van der Waals surface area contributed by atoms with E-state index in [0.29, 0.717) is 0 Å². The molecule has 0 aromatic carbocycles. The first-order valence-electron chi connectivity index (χ1n) is 5.97. The van der Waals surface area contributed by atoms with E-state index in [2.05, 4.69) is 9.47 Å². The molecule has 0 aliphatic heterocycles. The Kier molecular flexibility index (Phi) is 19.8. The Bertz CT molecular complexity index is 288. The van der Waals surface area contributed by atoms with Crippen LogP contribution in [0.3, 0.4) is 0 Å². The summed E-state index contributed by atoms with van der Waals surface area (Å²) in [6.45, 7) is 9.33. The minimum absolute atomic E-state index is 0.178. The van der Waals surface area contributed by atoms with Crippen LogP contribution < -0.4 is 0 Å². The van der Waals surface area contributed by atoms with Gasteiger partial charge >= 0.3 is 17.2 Å². The second-order valence-corrected chi connectivity index (χ2v) is 2.83. The fraction of sp³-hybridized carbons (Fsp3) is 0.667. The summed E-state index contributed by atoms with van der Waals surface area (Å²) < 4.78 is 8.59. The van der Waals surface area contributed by atoms with E-state index in [0.717, 1.165) is 0 Å². The second kappa shape index (κ2) is 16.6. The predicted octanol–water partition coefficient (Wildman–Crippen LogP) is 1.87. The first-order valence-corrected chi connectivity index (χ1v) is 6.34. The molecule has 0 saturated heterocycles. The third-order valence-electron chi connectivity index (χ3n) is 1.26. The van der Waals surface area contributed by atoms with Crippen molar-refractivity contribution < 1.29 is 28.7 Å². The number of esters is 2. The highest BCUT2D eigenvalue weighted by molar-refractivity contribution is 6.80. The number of hydrogen-bond acceptors (Lipinski definition) is 6. The average molecular weight is 297 g/mol. The summed E-state index contributed by atoms with van der Waals surface area (Å²) in [6, 6.07) is 0. The van der Waals surface area contributed by atoms with Gasteiger partial charge in [-0.15, -0.1) is 0 Å². The summed E-state index contributed by atoms with van der Waals surface area (Å²) in [5.74, 6) is -2.17. The van der Waals surface area contributed by atoms with Crippen LogP contribution in [-0.4, -0.2) is 36.2 Å². The molecule has 7 heteroatoms. The van der Waals surface area contributed by atoms with Crippen molar-refractivity contribution in [1.82, 2.24) is 0 Å². The predicted molar refractivity (Wildman–Crippen MR) is 70.8 cm³/mol. The maximum atomic E-state index is 10.4. The molecule has 0 N–H and O–H groups in total. The lowest BCUT2D eigenvalue weighted by Gasteiger charge is -1.95. The van der Waals surface area contributed by atoms with Gasteiger partial charge in [0.2, 0.25) is 5.78 Å². The molecule has 0 aromatic heterocycles. The lowest BCUT2D eigenvalue weighted by molar-refractivity contribution is -0.153.